The van der Waals surface area contributed by atoms with E-state index in [9.17, 15) is 4.79 Å². The van der Waals surface area contributed by atoms with Crippen molar-refractivity contribution in [2.45, 2.75) is 55.4 Å². The van der Waals surface area contributed by atoms with Gasteiger partial charge in [0.15, 0.2) is 5.43 Å². The molecule has 0 atom stereocenters. The van der Waals surface area contributed by atoms with Crippen LogP contribution < -0.4 is 5.43 Å². The van der Waals surface area contributed by atoms with E-state index in [-0.39, 0.29) is 5.43 Å². The minimum Gasteiger partial charge on any atom is -0.455 e. The zero-order valence-corrected chi connectivity index (χ0v) is 16.5. The van der Waals surface area contributed by atoms with Gasteiger partial charge < -0.3 is 4.42 Å². The Morgan fingerprint density at radius 1 is 0.640 bits per heavy atom. The molecule has 3 rings (SSSR count). The van der Waals surface area contributed by atoms with Gasteiger partial charge in [-0.1, -0.05) is 0 Å². The average molecular weight is 334 g/mol. The van der Waals surface area contributed by atoms with Crippen LogP contribution in [0, 0.1) is 55.4 Å². The van der Waals surface area contributed by atoms with Crippen molar-refractivity contribution in [3.63, 3.8) is 0 Å². The maximum absolute atomic E-state index is 13.1. The molecular formula is C23H26O2. The van der Waals surface area contributed by atoms with Gasteiger partial charge in [0.1, 0.15) is 11.3 Å². The van der Waals surface area contributed by atoms with Crippen LogP contribution in [0.15, 0.2) is 21.3 Å². The number of fused-ring (bicyclic) bond motifs is 1. The predicted molar refractivity (Wildman–Crippen MR) is 106 cm³/mol. The maximum Gasteiger partial charge on any atom is 0.196 e. The second kappa shape index (κ2) is 5.87. The topological polar surface area (TPSA) is 30.2 Å². The molecule has 0 N–H and O–H groups in total. The van der Waals surface area contributed by atoms with Crippen molar-refractivity contribution < 1.29 is 4.42 Å². The van der Waals surface area contributed by atoms with Crippen LogP contribution >= 0.6 is 0 Å². The Kier molecular flexibility index (Phi) is 4.10. The lowest BCUT2D eigenvalue weighted by Gasteiger charge is -2.16. The molecule has 0 saturated heterocycles. The van der Waals surface area contributed by atoms with E-state index in [1.807, 2.05) is 20.8 Å². The van der Waals surface area contributed by atoms with Crippen LogP contribution in [0.1, 0.15) is 44.5 Å². The SMILES string of the molecule is Cc1cc(-c2oc3c(C)c(C)c(C)c(C)c3c(=O)c2C)cc(C)c1C. The highest BCUT2D eigenvalue weighted by molar-refractivity contribution is 5.88. The zero-order chi connectivity index (χ0) is 18.6. The van der Waals surface area contributed by atoms with Crippen molar-refractivity contribution in [2.75, 3.05) is 0 Å². The summed E-state index contributed by atoms with van der Waals surface area (Å²) in [5.74, 6) is 0.689. The van der Waals surface area contributed by atoms with Crippen molar-refractivity contribution in [1.82, 2.24) is 0 Å². The van der Waals surface area contributed by atoms with E-state index in [4.69, 9.17) is 4.42 Å². The van der Waals surface area contributed by atoms with Crippen LogP contribution in [0.3, 0.4) is 0 Å². The summed E-state index contributed by atoms with van der Waals surface area (Å²) < 4.78 is 6.36. The summed E-state index contributed by atoms with van der Waals surface area (Å²) in [6.07, 6.45) is 0. The van der Waals surface area contributed by atoms with Gasteiger partial charge >= 0.3 is 0 Å². The van der Waals surface area contributed by atoms with E-state index in [0.29, 0.717) is 11.3 Å². The van der Waals surface area contributed by atoms with E-state index < -0.39 is 0 Å². The van der Waals surface area contributed by atoms with Crippen LogP contribution in [-0.4, -0.2) is 0 Å². The van der Waals surface area contributed by atoms with Gasteiger partial charge in [0.05, 0.1) is 5.39 Å². The summed E-state index contributed by atoms with van der Waals surface area (Å²) in [4.78, 5) is 13.1. The van der Waals surface area contributed by atoms with Gasteiger partial charge in [0, 0.05) is 11.1 Å². The summed E-state index contributed by atoms with van der Waals surface area (Å²) in [5, 5.41) is 0.724. The Bertz CT molecular complexity index is 1060. The van der Waals surface area contributed by atoms with Gasteiger partial charge in [-0.3, -0.25) is 4.79 Å². The lowest BCUT2D eigenvalue weighted by atomic mass is 9.93. The lowest BCUT2D eigenvalue weighted by Crippen LogP contribution is -2.11. The second-order valence-corrected chi connectivity index (χ2v) is 7.32. The van der Waals surface area contributed by atoms with E-state index in [2.05, 4.69) is 46.8 Å². The molecule has 0 radical (unpaired) electrons. The molecule has 0 saturated carbocycles. The molecule has 0 aliphatic carbocycles. The minimum absolute atomic E-state index is 0.0795. The summed E-state index contributed by atoms with van der Waals surface area (Å²) in [5.41, 5.74) is 10.6. The van der Waals surface area contributed by atoms with Crippen molar-refractivity contribution in [2.24, 2.45) is 0 Å². The van der Waals surface area contributed by atoms with Crippen LogP contribution in [-0.2, 0) is 0 Å². The van der Waals surface area contributed by atoms with Gasteiger partial charge in [-0.25, -0.2) is 0 Å². The smallest absolute Gasteiger partial charge is 0.196 e. The van der Waals surface area contributed by atoms with Crippen LogP contribution in [0.5, 0.6) is 0 Å². The third kappa shape index (κ3) is 2.52. The molecule has 2 heteroatoms. The first-order valence-electron chi connectivity index (χ1n) is 8.77. The number of rotatable bonds is 1. The molecular weight excluding hydrogens is 308 g/mol. The fraction of sp³-hybridized carbons (Fsp3) is 0.348. The minimum atomic E-state index is 0.0795. The third-order valence-corrected chi connectivity index (χ3v) is 5.93. The van der Waals surface area contributed by atoms with Crippen LogP contribution in [0.2, 0.25) is 0 Å². The normalized spacial score (nSPS) is 11.4. The fourth-order valence-corrected chi connectivity index (χ4v) is 3.59. The molecule has 2 nitrogen and oxygen atoms in total. The molecule has 0 spiro atoms. The zero-order valence-electron chi connectivity index (χ0n) is 16.5. The lowest BCUT2D eigenvalue weighted by molar-refractivity contribution is 0.610. The Morgan fingerprint density at radius 3 is 1.72 bits per heavy atom. The molecule has 1 aromatic heterocycles. The first-order chi connectivity index (χ1) is 11.6. The number of hydrogen-bond acceptors (Lipinski definition) is 2. The molecule has 0 aliphatic heterocycles. The highest BCUT2D eigenvalue weighted by atomic mass is 16.3. The molecule has 130 valence electrons. The Balaban J connectivity index is 2.47. The highest BCUT2D eigenvalue weighted by Gasteiger charge is 2.19. The Hall–Kier alpha value is -2.35. The number of aryl methyl sites for hydroxylation is 4. The largest absolute Gasteiger partial charge is 0.455 e. The third-order valence-electron chi connectivity index (χ3n) is 5.93. The molecule has 25 heavy (non-hydrogen) atoms. The molecule has 0 aliphatic rings. The number of benzene rings is 2. The quantitative estimate of drug-likeness (QED) is 0.552. The van der Waals surface area contributed by atoms with Gasteiger partial charge in [-0.15, -0.1) is 0 Å². The van der Waals surface area contributed by atoms with Gasteiger partial charge in [-0.2, -0.15) is 0 Å². The first-order valence-corrected chi connectivity index (χ1v) is 8.77. The van der Waals surface area contributed by atoms with Crippen molar-refractivity contribution in [3.8, 4) is 11.3 Å². The fourth-order valence-electron chi connectivity index (χ4n) is 3.59. The van der Waals surface area contributed by atoms with Crippen LogP contribution in [0.25, 0.3) is 22.3 Å². The predicted octanol–water partition coefficient (Wildman–Crippen LogP) is 5.93. The highest BCUT2D eigenvalue weighted by Crippen LogP contribution is 2.33. The molecule has 0 amide bonds. The molecule has 2 aromatic carbocycles. The number of hydrogen-bond donors (Lipinski definition) is 0. The Morgan fingerprint density at radius 2 is 1.16 bits per heavy atom. The Labute approximate surface area is 149 Å². The summed E-state index contributed by atoms with van der Waals surface area (Å²) in [6, 6.07) is 4.23. The van der Waals surface area contributed by atoms with Crippen molar-refractivity contribution in [1.29, 1.82) is 0 Å². The molecule has 1 heterocycles. The summed E-state index contributed by atoms with van der Waals surface area (Å²) >= 11 is 0. The monoisotopic (exact) mass is 334 g/mol. The summed E-state index contributed by atoms with van der Waals surface area (Å²) in [6.45, 7) is 16.4. The van der Waals surface area contributed by atoms with E-state index >= 15 is 0 Å². The van der Waals surface area contributed by atoms with Crippen molar-refractivity contribution in [3.05, 3.63) is 66.9 Å². The second-order valence-electron chi connectivity index (χ2n) is 7.32. The molecule has 0 unspecified atom stereocenters. The van der Waals surface area contributed by atoms with Gasteiger partial charge in [0.25, 0.3) is 0 Å². The van der Waals surface area contributed by atoms with E-state index in [0.717, 1.165) is 27.7 Å². The van der Waals surface area contributed by atoms with Crippen LogP contribution in [0.4, 0.5) is 0 Å². The van der Waals surface area contributed by atoms with Crippen molar-refractivity contribution >= 4 is 11.0 Å². The average Bonchev–Trinajstić information content (AvgIpc) is 2.57. The standard InChI is InChI=1S/C23H26O2/c1-11-9-19(10-12(2)13(11)3)22-18(8)21(24)20-16(6)14(4)15(5)17(7)23(20)25-22/h9-10H,1-8H3. The van der Waals surface area contributed by atoms with E-state index in [1.165, 1.54) is 27.8 Å². The summed E-state index contributed by atoms with van der Waals surface area (Å²) in [7, 11) is 0. The maximum atomic E-state index is 13.1. The van der Waals surface area contributed by atoms with E-state index in [1.54, 1.807) is 0 Å². The first kappa shape index (κ1) is 17.5. The molecule has 0 bridgehead atoms. The molecule has 3 aromatic rings. The molecule has 0 fully saturated rings. The van der Waals surface area contributed by atoms with Gasteiger partial charge in [0.2, 0.25) is 0 Å². The van der Waals surface area contributed by atoms with Gasteiger partial charge in [-0.05, 0) is 106 Å².